The molecule has 0 bridgehead atoms. The van der Waals surface area contributed by atoms with Gasteiger partial charge in [-0.15, -0.1) is 0 Å². The van der Waals surface area contributed by atoms with Crippen LogP contribution in [0, 0.1) is 0 Å². The third-order valence-electron chi connectivity index (χ3n) is 16.8. The molecule has 0 aliphatic carbocycles. The SMILES string of the molecule is c1ccc(N2c3cc4c5c(c3B3c6c(cc7c8c6Oc6ccccc6B8c6ccccc6O7)N(c6ccccc6)c6c3c2cc2c6c3ccccc3n2-c2ccccc2)Oc2ccccc2B5c2ccccc2O4)cc1. The second kappa shape index (κ2) is 14.9. The first-order valence-corrected chi connectivity index (χ1v) is 26.1. The van der Waals surface area contributed by atoms with Gasteiger partial charge < -0.3 is 33.3 Å². The van der Waals surface area contributed by atoms with Gasteiger partial charge in [0.05, 0.1) is 16.7 Å². The lowest BCUT2D eigenvalue weighted by molar-refractivity contribution is 0.466. The zero-order chi connectivity index (χ0) is 49.3. The van der Waals surface area contributed by atoms with Crippen molar-refractivity contribution in [3.63, 3.8) is 0 Å². The smallest absolute Gasteiger partial charge is 0.261 e. The van der Waals surface area contributed by atoms with Crippen molar-refractivity contribution in [2.24, 2.45) is 0 Å². The molecule has 76 heavy (non-hydrogen) atoms. The maximum Gasteiger partial charge on any atom is 0.261 e. The van der Waals surface area contributed by atoms with Crippen molar-refractivity contribution in [3.05, 3.63) is 231 Å². The second-order valence-corrected chi connectivity index (χ2v) is 20.5. The van der Waals surface area contributed by atoms with E-state index >= 15 is 0 Å². The summed E-state index contributed by atoms with van der Waals surface area (Å²) in [6.07, 6.45) is 0. The molecular weight excluding hydrogens is 931 g/mol. The summed E-state index contributed by atoms with van der Waals surface area (Å²) in [5, 5.41) is 2.29. The Bertz CT molecular complexity index is 4430. The van der Waals surface area contributed by atoms with Crippen LogP contribution in [0.25, 0.3) is 27.5 Å². The summed E-state index contributed by atoms with van der Waals surface area (Å²) in [5.74, 6) is 6.52. The summed E-state index contributed by atoms with van der Waals surface area (Å²) < 4.78 is 32.0. The van der Waals surface area contributed by atoms with E-state index in [-0.39, 0.29) is 13.4 Å². The second-order valence-electron chi connectivity index (χ2n) is 20.5. The predicted molar refractivity (Wildman–Crippen MR) is 310 cm³/mol. The molecule has 0 radical (unpaired) electrons. The highest BCUT2D eigenvalue weighted by atomic mass is 16.5. The van der Waals surface area contributed by atoms with Gasteiger partial charge in [0.2, 0.25) is 0 Å². The molecule has 0 spiro atoms. The zero-order valence-corrected chi connectivity index (χ0v) is 40.6. The normalized spacial score (nSPS) is 14.1. The van der Waals surface area contributed by atoms with Crippen molar-refractivity contribution in [3.8, 4) is 51.7 Å². The summed E-state index contributed by atoms with van der Waals surface area (Å²) in [6.45, 7) is -0.735. The van der Waals surface area contributed by atoms with Gasteiger partial charge >= 0.3 is 0 Å². The molecule has 0 unspecified atom stereocenters. The Kier molecular flexibility index (Phi) is 7.99. The van der Waals surface area contributed by atoms with Gasteiger partial charge in [-0.25, -0.2) is 0 Å². The van der Waals surface area contributed by atoms with Crippen LogP contribution >= 0.6 is 0 Å². The van der Waals surface area contributed by atoms with E-state index in [1.54, 1.807) is 0 Å². The van der Waals surface area contributed by atoms with E-state index in [1.165, 1.54) is 0 Å². The van der Waals surface area contributed by atoms with Gasteiger partial charge in [0, 0.05) is 68.0 Å². The van der Waals surface area contributed by atoms with Gasteiger partial charge in [0.15, 0.2) is 0 Å². The summed E-state index contributed by atoms with van der Waals surface area (Å²) in [5.41, 5.74) is 19.1. The van der Waals surface area contributed by atoms with Crippen LogP contribution in [0.4, 0.5) is 34.1 Å². The molecule has 6 aliphatic rings. The number of ether oxygens (including phenoxy) is 4. The van der Waals surface area contributed by atoms with Crippen LogP contribution in [0.1, 0.15) is 0 Å². The molecule has 18 rings (SSSR count). The van der Waals surface area contributed by atoms with Gasteiger partial charge in [-0.2, -0.15) is 0 Å². The summed E-state index contributed by atoms with van der Waals surface area (Å²) in [4.78, 5) is 4.97. The lowest BCUT2D eigenvalue weighted by Gasteiger charge is -2.47. The van der Waals surface area contributed by atoms with E-state index in [4.69, 9.17) is 18.9 Å². The van der Waals surface area contributed by atoms with Crippen LogP contribution in [-0.4, -0.2) is 24.7 Å². The van der Waals surface area contributed by atoms with Gasteiger partial charge in [-0.3, -0.25) is 0 Å². The minimum atomic E-state index is -0.440. The number of anilines is 6. The van der Waals surface area contributed by atoms with E-state index in [0.717, 1.165) is 157 Å². The largest absolute Gasteiger partial charge is 0.459 e. The molecule has 11 aromatic carbocycles. The third-order valence-corrected chi connectivity index (χ3v) is 16.8. The maximum atomic E-state index is 7.61. The number of rotatable bonds is 3. The van der Waals surface area contributed by atoms with E-state index < -0.39 is 6.71 Å². The fourth-order valence-corrected chi connectivity index (χ4v) is 13.9. The van der Waals surface area contributed by atoms with E-state index in [1.807, 2.05) is 0 Å². The summed E-state index contributed by atoms with van der Waals surface area (Å²) >= 11 is 0. The van der Waals surface area contributed by atoms with Crippen LogP contribution in [0.2, 0.25) is 0 Å². The van der Waals surface area contributed by atoms with Crippen molar-refractivity contribution in [2.45, 2.75) is 0 Å². The topological polar surface area (TPSA) is 48.3 Å². The lowest BCUT2D eigenvalue weighted by Crippen LogP contribution is -2.66. The monoisotopic (exact) mass is 969 g/mol. The summed E-state index contributed by atoms with van der Waals surface area (Å²) in [6, 6.07) is 82.4. The molecule has 7 heterocycles. The fraction of sp³-hybridized carbons (Fsp3) is 0. The number of benzene rings is 11. The molecule has 350 valence electrons. The minimum Gasteiger partial charge on any atom is -0.459 e. The van der Waals surface area contributed by atoms with Crippen molar-refractivity contribution in [1.82, 2.24) is 4.57 Å². The Labute approximate surface area is 438 Å². The Morgan fingerprint density at radius 3 is 1.22 bits per heavy atom. The molecule has 6 aliphatic heterocycles. The average Bonchev–Trinajstić information content (AvgIpc) is 3.35. The number of aromatic nitrogens is 1. The van der Waals surface area contributed by atoms with Crippen molar-refractivity contribution < 1.29 is 18.9 Å². The minimum absolute atomic E-state index is 0.147. The Morgan fingerprint density at radius 1 is 0.289 bits per heavy atom. The van der Waals surface area contributed by atoms with Gasteiger partial charge in [0.25, 0.3) is 20.1 Å². The van der Waals surface area contributed by atoms with Crippen LogP contribution in [0.15, 0.2) is 231 Å². The van der Waals surface area contributed by atoms with Crippen molar-refractivity contribution in [1.29, 1.82) is 0 Å². The van der Waals surface area contributed by atoms with E-state index in [9.17, 15) is 0 Å². The van der Waals surface area contributed by atoms with Crippen LogP contribution < -0.4 is 77.9 Å². The molecule has 7 nitrogen and oxygen atoms in total. The number of nitrogens with zero attached hydrogens (tertiary/aromatic N) is 3. The number of fused-ring (bicyclic) bond motifs is 18. The van der Waals surface area contributed by atoms with Crippen LogP contribution in [-0.2, 0) is 0 Å². The molecule has 0 saturated carbocycles. The Hall–Kier alpha value is -9.79. The van der Waals surface area contributed by atoms with Crippen LogP contribution in [0.5, 0.6) is 46.0 Å². The lowest BCUT2D eigenvalue weighted by atomic mass is 9.28. The Balaban J connectivity index is 1.06. The van der Waals surface area contributed by atoms with Gasteiger partial charge in [-0.05, 0) is 111 Å². The molecule has 0 N–H and O–H groups in total. The maximum absolute atomic E-state index is 7.61. The number of para-hydroxylation sites is 8. The molecule has 12 aromatic rings. The first kappa shape index (κ1) is 40.7. The number of hydrogen-bond acceptors (Lipinski definition) is 6. The molecule has 0 amide bonds. The quantitative estimate of drug-likeness (QED) is 0.165. The van der Waals surface area contributed by atoms with E-state index in [0.29, 0.717) is 0 Å². The molecule has 0 saturated heterocycles. The average molecular weight is 969 g/mol. The fourth-order valence-electron chi connectivity index (χ4n) is 13.9. The van der Waals surface area contributed by atoms with Crippen LogP contribution in [0.3, 0.4) is 0 Å². The van der Waals surface area contributed by atoms with Gasteiger partial charge in [-0.1, -0.05) is 146 Å². The first-order valence-electron chi connectivity index (χ1n) is 26.1. The molecular formula is C66H38B3N3O4. The number of hydrogen-bond donors (Lipinski definition) is 0. The predicted octanol–water partition coefficient (Wildman–Crippen LogP) is 10.3. The standard InChI is InChI=1S/C66H38B3N3O4/c1-4-20-39(21-5-1)70-47-31-15-10-26-42(47)58-48(70)36-49-59-64(58)72(41-24-8-3-9-25-41)51-38-57-63-66(76-55-35-19-14-30-46(55)68(63)44-28-12-17-33-53(44)74-57)61(51)69(59)60-50(71(49)40-22-6-2-7-23-40)37-56-62-65(60)75-54-34-18-13-29-45(54)67(62)43-27-11-16-32-52(43)73-56/h1-38H. The highest BCUT2D eigenvalue weighted by Crippen LogP contribution is 2.54. The Morgan fingerprint density at radius 2 is 0.697 bits per heavy atom. The molecule has 1 aromatic heterocycles. The van der Waals surface area contributed by atoms with Crippen molar-refractivity contribution >= 4 is 125 Å². The molecule has 0 atom stereocenters. The molecule has 0 fully saturated rings. The highest BCUT2D eigenvalue weighted by molar-refractivity contribution is 7.05. The first-order chi connectivity index (χ1) is 37.7. The summed E-state index contributed by atoms with van der Waals surface area (Å²) in [7, 11) is 0. The van der Waals surface area contributed by atoms with Gasteiger partial charge in [0.1, 0.15) is 46.0 Å². The third kappa shape index (κ3) is 5.24. The van der Waals surface area contributed by atoms with E-state index in [2.05, 4.69) is 245 Å². The van der Waals surface area contributed by atoms with Crippen molar-refractivity contribution in [2.75, 3.05) is 9.80 Å². The molecule has 10 heteroatoms. The highest BCUT2D eigenvalue weighted by Gasteiger charge is 2.54. The zero-order valence-electron chi connectivity index (χ0n) is 40.6.